The quantitative estimate of drug-likeness (QED) is 0.669. The molecule has 0 atom stereocenters. The molecule has 6 heteroatoms. The number of halogens is 2. The molecule has 0 spiro atoms. The molecule has 1 aromatic carbocycles. The molecule has 1 N–H and O–H groups in total. The van der Waals surface area contributed by atoms with Gasteiger partial charge in [-0.25, -0.2) is 9.18 Å². The number of hydrogen-bond acceptors (Lipinski definition) is 4. The first-order valence-electron chi connectivity index (χ1n) is 4.90. The summed E-state index contributed by atoms with van der Waals surface area (Å²) in [5, 5.41) is 9.70. The number of carbonyl (C=O) groups excluding carboxylic acids is 1. The molecular formula is C11H9ClFNO3. The maximum absolute atomic E-state index is 13.5. The zero-order valence-corrected chi connectivity index (χ0v) is 9.71. The van der Waals surface area contributed by atoms with E-state index < -0.39 is 11.4 Å². The third-order valence-electron chi connectivity index (χ3n) is 2.84. The van der Waals surface area contributed by atoms with Gasteiger partial charge in [0.15, 0.2) is 17.3 Å². The highest BCUT2D eigenvalue weighted by molar-refractivity contribution is 6.31. The van der Waals surface area contributed by atoms with Crippen LogP contribution in [0.2, 0.25) is 5.02 Å². The molecule has 0 bridgehead atoms. The van der Waals surface area contributed by atoms with Crippen molar-refractivity contribution in [2.45, 2.75) is 18.4 Å². The van der Waals surface area contributed by atoms with E-state index in [0.717, 1.165) is 0 Å². The summed E-state index contributed by atoms with van der Waals surface area (Å²) in [5.41, 5.74) is -0.527. The lowest BCUT2D eigenvalue weighted by molar-refractivity contribution is 0.346. The lowest BCUT2D eigenvalue weighted by Crippen LogP contribution is -2.05. The van der Waals surface area contributed by atoms with Crippen molar-refractivity contribution < 1.29 is 19.0 Å². The van der Waals surface area contributed by atoms with E-state index in [9.17, 15) is 14.3 Å². The minimum Gasteiger partial charge on any atom is -0.504 e. The number of phenolic OH excluding ortho intramolecular Hbond substituents is 1. The van der Waals surface area contributed by atoms with Crippen molar-refractivity contribution in [2.75, 3.05) is 7.11 Å². The van der Waals surface area contributed by atoms with Crippen LogP contribution in [0.3, 0.4) is 0 Å². The molecule has 0 unspecified atom stereocenters. The maximum Gasteiger partial charge on any atom is 0.235 e. The summed E-state index contributed by atoms with van der Waals surface area (Å²) in [4.78, 5) is 14.0. The van der Waals surface area contributed by atoms with Crippen LogP contribution in [0.15, 0.2) is 11.1 Å². The second-order valence-corrected chi connectivity index (χ2v) is 4.24. The summed E-state index contributed by atoms with van der Waals surface area (Å²) >= 11 is 5.70. The van der Waals surface area contributed by atoms with Crippen molar-refractivity contribution in [3.05, 3.63) is 22.5 Å². The summed E-state index contributed by atoms with van der Waals surface area (Å²) in [5.74, 6) is -1.54. The van der Waals surface area contributed by atoms with E-state index in [1.807, 2.05) is 0 Å². The molecule has 0 saturated heterocycles. The molecule has 0 amide bonds. The largest absolute Gasteiger partial charge is 0.504 e. The first kappa shape index (κ1) is 11.9. The number of benzene rings is 1. The summed E-state index contributed by atoms with van der Waals surface area (Å²) in [6.07, 6.45) is 2.62. The average Bonchev–Trinajstić information content (AvgIpc) is 3.06. The predicted octanol–water partition coefficient (Wildman–Crippen LogP) is 2.52. The van der Waals surface area contributed by atoms with Gasteiger partial charge in [0.05, 0.1) is 12.1 Å². The van der Waals surface area contributed by atoms with Gasteiger partial charge in [0.25, 0.3) is 0 Å². The summed E-state index contributed by atoms with van der Waals surface area (Å²) in [7, 11) is 1.22. The Morgan fingerprint density at radius 3 is 2.76 bits per heavy atom. The Morgan fingerprint density at radius 1 is 1.65 bits per heavy atom. The topological polar surface area (TPSA) is 58.9 Å². The SMILES string of the molecule is COc1c(O)c(C2(N=C=O)CC2)cc(Cl)c1F. The van der Waals surface area contributed by atoms with Crippen LogP contribution in [0.1, 0.15) is 18.4 Å². The molecule has 0 aromatic heterocycles. The molecule has 1 saturated carbocycles. The Morgan fingerprint density at radius 2 is 2.29 bits per heavy atom. The van der Waals surface area contributed by atoms with Crippen LogP contribution in [0.5, 0.6) is 11.5 Å². The van der Waals surface area contributed by atoms with Crippen LogP contribution in [0.25, 0.3) is 0 Å². The van der Waals surface area contributed by atoms with Gasteiger partial charge in [-0.3, -0.25) is 0 Å². The van der Waals surface area contributed by atoms with Crippen LogP contribution >= 0.6 is 11.6 Å². The number of aromatic hydroxyl groups is 1. The molecule has 2 rings (SSSR count). The molecule has 1 fully saturated rings. The number of rotatable bonds is 3. The van der Waals surface area contributed by atoms with Crippen molar-refractivity contribution in [3.63, 3.8) is 0 Å². The number of phenols is 1. The van der Waals surface area contributed by atoms with Gasteiger partial charge in [-0.15, -0.1) is 0 Å². The van der Waals surface area contributed by atoms with Crippen LogP contribution < -0.4 is 4.74 Å². The Kier molecular flexibility index (Phi) is 2.81. The predicted molar refractivity (Wildman–Crippen MR) is 58.7 cm³/mol. The van der Waals surface area contributed by atoms with Crippen LogP contribution in [-0.2, 0) is 10.3 Å². The molecule has 4 nitrogen and oxygen atoms in total. The second kappa shape index (κ2) is 4.02. The fourth-order valence-corrected chi connectivity index (χ4v) is 1.98. The third-order valence-corrected chi connectivity index (χ3v) is 3.11. The van der Waals surface area contributed by atoms with E-state index in [4.69, 9.17) is 16.3 Å². The van der Waals surface area contributed by atoms with Crippen molar-refractivity contribution >= 4 is 17.7 Å². The first-order chi connectivity index (χ1) is 8.05. The Bertz CT molecular complexity index is 522. The molecule has 1 aromatic rings. The minimum absolute atomic E-state index is 0.179. The van der Waals surface area contributed by atoms with E-state index in [-0.39, 0.29) is 16.5 Å². The Hall–Kier alpha value is -1.58. The van der Waals surface area contributed by atoms with E-state index in [1.165, 1.54) is 19.3 Å². The third kappa shape index (κ3) is 1.77. The van der Waals surface area contributed by atoms with E-state index in [0.29, 0.717) is 18.4 Å². The van der Waals surface area contributed by atoms with Gasteiger partial charge in [0, 0.05) is 5.56 Å². The lowest BCUT2D eigenvalue weighted by atomic mass is 10.0. The highest BCUT2D eigenvalue weighted by Crippen LogP contribution is 2.55. The van der Waals surface area contributed by atoms with Gasteiger partial charge in [-0.05, 0) is 18.9 Å². The van der Waals surface area contributed by atoms with Gasteiger partial charge in [0.2, 0.25) is 6.08 Å². The fraction of sp³-hybridized carbons (Fsp3) is 0.364. The zero-order valence-electron chi connectivity index (χ0n) is 8.96. The first-order valence-corrected chi connectivity index (χ1v) is 5.28. The van der Waals surface area contributed by atoms with E-state index in [1.54, 1.807) is 0 Å². The fourth-order valence-electron chi connectivity index (χ4n) is 1.78. The van der Waals surface area contributed by atoms with Crippen LogP contribution in [0, 0.1) is 5.82 Å². The number of nitrogens with zero attached hydrogens (tertiary/aromatic N) is 1. The Labute approximate surface area is 102 Å². The van der Waals surface area contributed by atoms with Gasteiger partial charge < -0.3 is 9.84 Å². The second-order valence-electron chi connectivity index (χ2n) is 3.84. The standard InChI is InChI=1S/C11H9ClFNO3/c1-17-10-8(13)7(12)4-6(9(10)16)11(2-3-11)14-5-15/h4,16H,2-3H2,1H3. The van der Waals surface area contributed by atoms with Gasteiger partial charge in [-0.1, -0.05) is 11.6 Å². The molecule has 0 heterocycles. The smallest absolute Gasteiger partial charge is 0.235 e. The normalized spacial score (nSPS) is 16.2. The molecule has 0 aliphatic heterocycles. The molecule has 1 aliphatic carbocycles. The summed E-state index contributed by atoms with van der Waals surface area (Å²) in [6, 6.07) is 1.27. The van der Waals surface area contributed by atoms with Gasteiger partial charge in [-0.2, -0.15) is 4.99 Å². The molecule has 0 radical (unpaired) electrons. The number of hydrogen-bond donors (Lipinski definition) is 1. The number of ether oxygens (including phenoxy) is 1. The van der Waals surface area contributed by atoms with Crippen molar-refractivity contribution in [3.8, 4) is 11.5 Å². The van der Waals surface area contributed by atoms with Crippen molar-refractivity contribution in [1.29, 1.82) is 0 Å². The maximum atomic E-state index is 13.5. The monoisotopic (exact) mass is 257 g/mol. The average molecular weight is 258 g/mol. The lowest BCUT2D eigenvalue weighted by Gasteiger charge is -2.14. The van der Waals surface area contributed by atoms with Gasteiger partial charge >= 0.3 is 0 Å². The van der Waals surface area contributed by atoms with Crippen molar-refractivity contribution in [1.82, 2.24) is 0 Å². The minimum atomic E-state index is -0.832. The highest BCUT2D eigenvalue weighted by Gasteiger charge is 2.48. The van der Waals surface area contributed by atoms with E-state index >= 15 is 0 Å². The number of isocyanates is 1. The molecule has 1 aliphatic rings. The molecule has 17 heavy (non-hydrogen) atoms. The highest BCUT2D eigenvalue weighted by atomic mass is 35.5. The summed E-state index contributed by atoms with van der Waals surface area (Å²) < 4.78 is 18.3. The number of aliphatic imine (C=N–C) groups is 1. The van der Waals surface area contributed by atoms with E-state index in [2.05, 4.69) is 4.99 Å². The molecular weight excluding hydrogens is 249 g/mol. The molecule has 90 valence electrons. The summed E-state index contributed by atoms with van der Waals surface area (Å²) in [6.45, 7) is 0. The van der Waals surface area contributed by atoms with Crippen LogP contribution in [0.4, 0.5) is 4.39 Å². The van der Waals surface area contributed by atoms with Gasteiger partial charge in [0.1, 0.15) is 5.54 Å². The zero-order chi connectivity index (χ0) is 12.6. The number of methoxy groups -OCH3 is 1. The van der Waals surface area contributed by atoms with Crippen molar-refractivity contribution in [2.24, 2.45) is 4.99 Å². The Balaban J connectivity index is 2.64. The van der Waals surface area contributed by atoms with Crippen LogP contribution in [-0.4, -0.2) is 18.3 Å².